The number of rotatable bonds is 18. The van der Waals surface area contributed by atoms with E-state index in [1.807, 2.05) is 0 Å². The van der Waals surface area contributed by atoms with Crippen LogP contribution in [0.3, 0.4) is 0 Å². The summed E-state index contributed by atoms with van der Waals surface area (Å²) in [7, 11) is 0. The zero-order valence-corrected chi connectivity index (χ0v) is 18.1. The summed E-state index contributed by atoms with van der Waals surface area (Å²) in [5.41, 5.74) is 0.409. The molecule has 0 amide bonds. The van der Waals surface area contributed by atoms with Gasteiger partial charge in [0.2, 0.25) is 0 Å². The number of aromatic carboxylic acids is 1. The lowest BCUT2D eigenvalue weighted by Crippen LogP contribution is -2.03. The predicted molar refractivity (Wildman–Crippen MR) is 117 cm³/mol. The molecule has 0 saturated carbocycles. The second-order valence-electron chi connectivity index (χ2n) is 7.88. The van der Waals surface area contributed by atoms with Crippen LogP contribution in [0.5, 0.6) is 11.5 Å². The van der Waals surface area contributed by atoms with Crippen LogP contribution in [0.1, 0.15) is 106 Å². The maximum atomic E-state index is 11.3. The van der Waals surface area contributed by atoms with Crippen molar-refractivity contribution >= 4 is 5.97 Å². The molecule has 1 rings (SSSR count). The lowest BCUT2D eigenvalue weighted by molar-refractivity contribution is 0.0691. The molecule has 1 aromatic rings. The molecule has 0 unspecified atom stereocenters. The van der Waals surface area contributed by atoms with E-state index in [1.165, 1.54) is 63.9 Å². The number of phenols is 2. The van der Waals surface area contributed by atoms with E-state index in [0.717, 1.165) is 38.9 Å². The van der Waals surface area contributed by atoms with E-state index in [4.69, 9.17) is 4.74 Å². The topological polar surface area (TPSA) is 87.0 Å². The Morgan fingerprint density at radius 2 is 1.31 bits per heavy atom. The molecule has 0 spiro atoms. The number of aryl methyl sites for hydroxylation is 1. The highest BCUT2D eigenvalue weighted by Gasteiger charge is 2.18. The number of carboxylic acid groups (broad SMARTS) is 1. The highest BCUT2D eigenvalue weighted by molar-refractivity contribution is 5.93. The van der Waals surface area contributed by atoms with Gasteiger partial charge in [-0.25, -0.2) is 4.79 Å². The number of benzene rings is 1. The van der Waals surface area contributed by atoms with Gasteiger partial charge in [0.1, 0.15) is 5.56 Å². The molecule has 3 N–H and O–H groups in total. The molecule has 1 aromatic carbocycles. The summed E-state index contributed by atoms with van der Waals surface area (Å²) in [6.45, 7) is 4.03. The Labute approximate surface area is 176 Å². The molecule has 0 aliphatic heterocycles. The van der Waals surface area contributed by atoms with E-state index in [-0.39, 0.29) is 11.3 Å². The first-order valence-corrected chi connectivity index (χ1v) is 11.4. The van der Waals surface area contributed by atoms with Crippen LogP contribution in [0.2, 0.25) is 0 Å². The predicted octanol–water partition coefficient (Wildman–Crippen LogP) is 6.45. The molecule has 0 fully saturated rings. The van der Waals surface area contributed by atoms with Gasteiger partial charge in [-0.1, -0.05) is 77.2 Å². The van der Waals surface area contributed by atoms with Crippen molar-refractivity contribution in [2.45, 2.75) is 96.8 Å². The summed E-state index contributed by atoms with van der Waals surface area (Å²) in [6.07, 6.45) is 16.2. The van der Waals surface area contributed by atoms with Crippen molar-refractivity contribution in [2.75, 3.05) is 13.2 Å². The highest BCUT2D eigenvalue weighted by Crippen LogP contribution is 2.32. The molecular formula is C24H40O5. The van der Waals surface area contributed by atoms with E-state index in [2.05, 4.69) is 6.92 Å². The van der Waals surface area contributed by atoms with Crippen LogP contribution in [-0.2, 0) is 11.2 Å². The number of aromatic hydroxyl groups is 2. The molecule has 0 radical (unpaired) electrons. The van der Waals surface area contributed by atoms with Crippen LogP contribution >= 0.6 is 0 Å². The van der Waals surface area contributed by atoms with Gasteiger partial charge in [-0.15, -0.1) is 0 Å². The standard InChI is InChI=1S/C24H40O5/c1-2-3-4-10-13-18-29-19-14-11-8-6-5-7-9-12-15-20-16-17-21(25)23(26)22(20)24(27)28/h16-17,25-26H,2-15,18-19H2,1H3,(H,27,28). The minimum absolute atomic E-state index is 0.173. The van der Waals surface area contributed by atoms with Gasteiger partial charge in [0.15, 0.2) is 11.5 Å². The lowest BCUT2D eigenvalue weighted by atomic mass is 9.99. The zero-order valence-electron chi connectivity index (χ0n) is 18.1. The first-order valence-electron chi connectivity index (χ1n) is 11.4. The Kier molecular flexibility index (Phi) is 14.0. The number of hydrogen-bond donors (Lipinski definition) is 3. The van der Waals surface area contributed by atoms with Gasteiger partial charge >= 0.3 is 5.97 Å². The van der Waals surface area contributed by atoms with E-state index in [1.54, 1.807) is 6.07 Å². The molecule has 0 heterocycles. The Morgan fingerprint density at radius 1 is 0.793 bits per heavy atom. The molecule has 5 heteroatoms. The Bertz CT molecular complexity index is 571. The Balaban J connectivity index is 1.97. The Hall–Kier alpha value is -1.75. The van der Waals surface area contributed by atoms with Gasteiger partial charge in [0.25, 0.3) is 0 Å². The summed E-state index contributed by atoms with van der Waals surface area (Å²) >= 11 is 0. The fourth-order valence-corrected chi connectivity index (χ4v) is 3.56. The summed E-state index contributed by atoms with van der Waals surface area (Å²) in [4.78, 5) is 11.3. The number of carboxylic acids is 1. The van der Waals surface area contributed by atoms with Crippen LogP contribution < -0.4 is 0 Å². The third-order valence-electron chi connectivity index (χ3n) is 5.33. The van der Waals surface area contributed by atoms with Gasteiger partial charge < -0.3 is 20.1 Å². The van der Waals surface area contributed by atoms with Gasteiger partial charge in [-0.2, -0.15) is 0 Å². The maximum Gasteiger partial charge on any atom is 0.339 e. The molecule has 0 saturated heterocycles. The van der Waals surface area contributed by atoms with Gasteiger partial charge in [0, 0.05) is 13.2 Å². The van der Waals surface area contributed by atoms with Gasteiger partial charge in [-0.3, -0.25) is 0 Å². The molecule has 0 aliphatic rings. The van der Waals surface area contributed by atoms with Crippen LogP contribution in [-0.4, -0.2) is 34.5 Å². The van der Waals surface area contributed by atoms with Gasteiger partial charge in [0.05, 0.1) is 0 Å². The number of ether oxygens (including phenoxy) is 1. The quantitative estimate of drug-likeness (QED) is 0.192. The smallest absolute Gasteiger partial charge is 0.339 e. The number of carbonyl (C=O) groups is 1. The van der Waals surface area contributed by atoms with Crippen LogP contribution in [0.4, 0.5) is 0 Å². The summed E-state index contributed by atoms with van der Waals surface area (Å²) in [5, 5.41) is 28.4. The third-order valence-corrected chi connectivity index (χ3v) is 5.33. The second kappa shape index (κ2) is 16.1. The molecule has 0 aromatic heterocycles. The second-order valence-corrected chi connectivity index (χ2v) is 7.88. The summed E-state index contributed by atoms with van der Waals surface area (Å²) < 4.78 is 5.68. The molecule has 166 valence electrons. The van der Waals surface area contributed by atoms with Crippen LogP contribution in [0, 0.1) is 0 Å². The monoisotopic (exact) mass is 408 g/mol. The van der Waals surface area contributed by atoms with E-state index < -0.39 is 11.7 Å². The van der Waals surface area contributed by atoms with Crippen molar-refractivity contribution in [2.24, 2.45) is 0 Å². The third kappa shape index (κ3) is 11.1. The fourth-order valence-electron chi connectivity index (χ4n) is 3.56. The van der Waals surface area contributed by atoms with Gasteiger partial charge in [-0.05, 0) is 37.3 Å². The van der Waals surface area contributed by atoms with Crippen molar-refractivity contribution in [3.8, 4) is 11.5 Å². The number of phenolic OH excluding ortho intramolecular Hbond substituents is 1. The average molecular weight is 409 g/mol. The van der Waals surface area contributed by atoms with Crippen molar-refractivity contribution in [3.63, 3.8) is 0 Å². The van der Waals surface area contributed by atoms with Crippen molar-refractivity contribution in [1.29, 1.82) is 0 Å². The maximum absolute atomic E-state index is 11.3. The average Bonchev–Trinajstić information content (AvgIpc) is 2.70. The summed E-state index contributed by atoms with van der Waals surface area (Å²) in [5.74, 6) is -2.12. The fraction of sp³-hybridized carbons (Fsp3) is 0.708. The van der Waals surface area contributed by atoms with E-state index >= 15 is 0 Å². The molecule has 0 atom stereocenters. The summed E-state index contributed by atoms with van der Waals surface area (Å²) in [6, 6.07) is 2.94. The number of unbranched alkanes of at least 4 members (excludes halogenated alkanes) is 11. The van der Waals surface area contributed by atoms with Crippen molar-refractivity contribution in [1.82, 2.24) is 0 Å². The molecule has 5 nitrogen and oxygen atoms in total. The molecular weight excluding hydrogens is 368 g/mol. The minimum atomic E-state index is -1.20. The largest absolute Gasteiger partial charge is 0.504 e. The lowest BCUT2D eigenvalue weighted by Gasteiger charge is -2.09. The normalized spacial score (nSPS) is 11.1. The van der Waals surface area contributed by atoms with E-state index in [9.17, 15) is 20.1 Å². The highest BCUT2D eigenvalue weighted by atomic mass is 16.5. The zero-order chi connectivity index (χ0) is 21.3. The molecule has 0 bridgehead atoms. The minimum Gasteiger partial charge on any atom is -0.504 e. The molecule has 0 aliphatic carbocycles. The SMILES string of the molecule is CCCCCCCOCCCCCCCCCCc1ccc(O)c(O)c1C(=O)O. The van der Waals surface area contributed by atoms with Crippen molar-refractivity contribution < 1.29 is 24.9 Å². The first-order chi connectivity index (χ1) is 14.1. The van der Waals surface area contributed by atoms with Crippen molar-refractivity contribution in [3.05, 3.63) is 23.3 Å². The Morgan fingerprint density at radius 3 is 1.86 bits per heavy atom. The van der Waals surface area contributed by atoms with Crippen LogP contribution in [0.25, 0.3) is 0 Å². The first kappa shape index (κ1) is 25.3. The van der Waals surface area contributed by atoms with E-state index in [0.29, 0.717) is 12.0 Å². The van der Waals surface area contributed by atoms with Crippen LogP contribution in [0.15, 0.2) is 12.1 Å². The molecule has 29 heavy (non-hydrogen) atoms. The number of hydrogen-bond acceptors (Lipinski definition) is 4.